The number of benzene rings is 1. The summed E-state index contributed by atoms with van der Waals surface area (Å²) in [5.41, 5.74) is 1.35. The zero-order valence-corrected chi connectivity index (χ0v) is 20.0. The first-order chi connectivity index (χ1) is 15.0. The molecule has 0 bridgehead atoms. The van der Waals surface area contributed by atoms with Gasteiger partial charge >= 0.3 is 5.97 Å². The summed E-state index contributed by atoms with van der Waals surface area (Å²) in [4.78, 5) is 11.9. The molecule has 0 aromatic heterocycles. The van der Waals surface area contributed by atoms with E-state index in [2.05, 4.69) is 6.92 Å². The van der Waals surface area contributed by atoms with Crippen molar-refractivity contribution in [2.24, 2.45) is 5.92 Å². The lowest BCUT2D eigenvalue weighted by molar-refractivity contribution is -0.148. The van der Waals surface area contributed by atoms with Crippen LogP contribution < -0.4 is 9.47 Å². The third kappa shape index (κ3) is 6.34. The smallest absolute Gasteiger partial charge is 0.340 e. The highest BCUT2D eigenvalue weighted by atomic mass is 16.8. The number of aliphatic hydroxyl groups excluding tert-OH is 1. The molecule has 1 aliphatic heterocycles. The van der Waals surface area contributed by atoms with Gasteiger partial charge in [0, 0.05) is 12.0 Å². The van der Waals surface area contributed by atoms with Crippen LogP contribution in [-0.2, 0) is 9.47 Å². The highest BCUT2D eigenvalue weighted by molar-refractivity contribution is 5.96. The van der Waals surface area contributed by atoms with Crippen molar-refractivity contribution in [2.45, 2.75) is 71.6 Å². The summed E-state index contributed by atoms with van der Waals surface area (Å²) in [5.74, 6) is -0.888. The molecular weight excluding hydrogens is 412 g/mol. The molecule has 0 aliphatic carbocycles. The molecular formula is C25H36O7. The third-order valence-electron chi connectivity index (χ3n) is 5.51. The predicted octanol–water partition coefficient (Wildman–Crippen LogP) is 4.60. The lowest BCUT2D eigenvalue weighted by atomic mass is 9.95. The summed E-state index contributed by atoms with van der Waals surface area (Å²) in [6.07, 6.45) is 8.06. The second kappa shape index (κ2) is 11.0. The van der Waals surface area contributed by atoms with Gasteiger partial charge in [-0.15, -0.1) is 0 Å². The maximum Gasteiger partial charge on any atom is 0.340 e. The number of carboxylic acid groups (broad SMARTS) is 1. The van der Waals surface area contributed by atoms with E-state index in [0.29, 0.717) is 24.2 Å². The topological polar surface area (TPSA) is 94.5 Å². The average molecular weight is 449 g/mol. The van der Waals surface area contributed by atoms with Gasteiger partial charge < -0.3 is 29.2 Å². The molecule has 0 saturated carbocycles. The largest absolute Gasteiger partial charge is 0.496 e. The molecule has 1 aromatic rings. The van der Waals surface area contributed by atoms with E-state index in [-0.39, 0.29) is 35.5 Å². The number of methoxy groups -OCH3 is 2. The van der Waals surface area contributed by atoms with Crippen molar-refractivity contribution in [2.75, 3.05) is 14.2 Å². The van der Waals surface area contributed by atoms with E-state index in [9.17, 15) is 15.0 Å². The normalized spacial score (nSPS) is 22.4. The van der Waals surface area contributed by atoms with E-state index in [4.69, 9.17) is 18.9 Å². The number of rotatable bonds is 10. The molecule has 1 heterocycles. The van der Waals surface area contributed by atoms with Crippen LogP contribution in [0.15, 0.2) is 24.3 Å². The molecule has 7 heteroatoms. The maximum atomic E-state index is 11.9. The fraction of sp³-hybridized carbons (Fsp3) is 0.560. The Morgan fingerprint density at radius 2 is 1.84 bits per heavy atom. The maximum absolute atomic E-state index is 11.9. The SMILES string of the molecule is COc1cc(OC)c(C(=O)O)c(/C=C/C[C@@H]2OC(C)(C)O[C@@H]2C(C)/C=C\C[C@@H](C)O)c1C. The zero-order valence-electron chi connectivity index (χ0n) is 20.0. The number of aliphatic hydroxyl groups is 1. The Morgan fingerprint density at radius 1 is 1.19 bits per heavy atom. The van der Waals surface area contributed by atoms with Gasteiger partial charge in [0.25, 0.3) is 0 Å². The molecule has 32 heavy (non-hydrogen) atoms. The standard InChI is InChI=1S/C25H36O7/c1-15(10-8-11-16(2)26)23-19(31-25(4,5)32-23)13-9-12-18-17(3)20(29-6)14-21(30-7)22(18)24(27)28/h8-10,12,14-16,19,23,26H,11,13H2,1-7H3,(H,27,28)/b10-8-,12-9+/t15?,16-,19+,23-/m1/s1. The Labute approximate surface area is 190 Å². The first-order valence-electron chi connectivity index (χ1n) is 10.9. The van der Waals surface area contributed by atoms with Gasteiger partial charge in [-0.3, -0.25) is 0 Å². The van der Waals surface area contributed by atoms with Crippen molar-refractivity contribution in [1.82, 2.24) is 0 Å². The molecule has 1 saturated heterocycles. The van der Waals surface area contributed by atoms with Crippen molar-refractivity contribution >= 4 is 12.0 Å². The number of carbonyl (C=O) groups is 1. The molecule has 2 N–H and O–H groups in total. The summed E-state index contributed by atoms with van der Waals surface area (Å²) >= 11 is 0. The van der Waals surface area contributed by atoms with Crippen molar-refractivity contribution < 1.29 is 34.0 Å². The lowest BCUT2D eigenvalue weighted by Gasteiger charge is -2.20. The van der Waals surface area contributed by atoms with Crippen LogP contribution >= 0.6 is 0 Å². The van der Waals surface area contributed by atoms with Crippen molar-refractivity contribution in [1.29, 1.82) is 0 Å². The minimum Gasteiger partial charge on any atom is -0.496 e. The van der Waals surface area contributed by atoms with E-state index >= 15 is 0 Å². The van der Waals surface area contributed by atoms with Gasteiger partial charge in [-0.2, -0.15) is 0 Å². The minimum absolute atomic E-state index is 0.0853. The molecule has 1 fully saturated rings. The van der Waals surface area contributed by atoms with Crippen LogP contribution in [0, 0.1) is 12.8 Å². The minimum atomic E-state index is -1.07. The van der Waals surface area contributed by atoms with Gasteiger partial charge in [0.05, 0.1) is 32.5 Å². The first kappa shape index (κ1) is 25.9. The summed E-state index contributed by atoms with van der Waals surface area (Å²) in [7, 11) is 2.98. The first-order valence-corrected chi connectivity index (χ1v) is 10.9. The zero-order chi connectivity index (χ0) is 24.1. The van der Waals surface area contributed by atoms with Gasteiger partial charge in [-0.25, -0.2) is 4.79 Å². The van der Waals surface area contributed by atoms with Crippen molar-refractivity contribution in [3.05, 3.63) is 41.0 Å². The van der Waals surface area contributed by atoms with E-state index < -0.39 is 11.8 Å². The molecule has 4 atom stereocenters. The second-order valence-corrected chi connectivity index (χ2v) is 8.65. The summed E-state index contributed by atoms with van der Waals surface area (Å²) in [5, 5.41) is 19.2. The lowest BCUT2D eigenvalue weighted by Crippen LogP contribution is -2.28. The van der Waals surface area contributed by atoms with Crippen LogP contribution in [-0.4, -0.2) is 54.5 Å². The van der Waals surface area contributed by atoms with Crippen LogP contribution in [0.3, 0.4) is 0 Å². The summed E-state index contributed by atoms with van der Waals surface area (Å²) in [6.45, 7) is 9.40. The van der Waals surface area contributed by atoms with Gasteiger partial charge in [-0.1, -0.05) is 31.2 Å². The molecule has 0 spiro atoms. The predicted molar refractivity (Wildman–Crippen MR) is 123 cm³/mol. The molecule has 0 radical (unpaired) electrons. The number of ether oxygens (including phenoxy) is 4. The van der Waals surface area contributed by atoms with Crippen LogP contribution in [0.2, 0.25) is 0 Å². The summed E-state index contributed by atoms with van der Waals surface area (Å²) in [6, 6.07) is 1.59. The molecule has 178 valence electrons. The Balaban J connectivity index is 2.28. The molecule has 1 unspecified atom stereocenters. The second-order valence-electron chi connectivity index (χ2n) is 8.65. The number of hydrogen-bond acceptors (Lipinski definition) is 6. The van der Waals surface area contributed by atoms with E-state index in [1.165, 1.54) is 7.11 Å². The molecule has 7 nitrogen and oxygen atoms in total. The molecule has 1 aromatic carbocycles. The quantitative estimate of drug-likeness (QED) is 0.505. The van der Waals surface area contributed by atoms with Crippen LogP contribution in [0.5, 0.6) is 11.5 Å². The highest BCUT2D eigenvalue weighted by Crippen LogP contribution is 2.36. The Bertz CT molecular complexity index is 854. The number of hydrogen-bond donors (Lipinski definition) is 2. The van der Waals surface area contributed by atoms with Crippen LogP contribution in [0.25, 0.3) is 6.08 Å². The highest BCUT2D eigenvalue weighted by Gasteiger charge is 2.42. The third-order valence-corrected chi connectivity index (χ3v) is 5.51. The van der Waals surface area contributed by atoms with Crippen LogP contribution in [0.4, 0.5) is 0 Å². The van der Waals surface area contributed by atoms with E-state index in [1.807, 2.05) is 39.0 Å². The van der Waals surface area contributed by atoms with Gasteiger partial charge in [-0.05, 0) is 51.7 Å². The average Bonchev–Trinajstić information content (AvgIpc) is 3.02. The fourth-order valence-corrected chi connectivity index (χ4v) is 3.97. The Morgan fingerprint density at radius 3 is 2.41 bits per heavy atom. The molecule has 1 aliphatic rings. The monoisotopic (exact) mass is 448 g/mol. The van der Waals surface area contributed by atoms with Crippen molar-refractivity contribution in [3.8, 4) is 11.5 Å². The van der Waals surface area contributed by atoms with Gasteiger partial charge in [0.15, 0.2) is 5.79 Å². The van der Waals surface area contributed by atoms with Gasteiger partial charge in [0.2, 0.25) is 0 Å². The summed E-state index contributed by atoms with van der Waals surface area (Å²) < 4.78 is 22.9. The van der Waals surface area contributed by atoms with Gasteiger partial charge in [0.1, 0.15) is 17.1 Å². The van der Waals surface area contributed by atoms with Crippen LogP contribution in [0.1, 0.15) is 62.0 Å². The fourth-order valence-electron chi connectivity index (χ4n) is 3.97. The Hall–Kier alpha value is -2.35. The number of aromatic carboxylic acids is 1. The van der Waals surface area contributed by atoms with E-state index in [1.54, 1.807) is 26.2 Å². The molecule has 2 rings (SSSR count). The van der Waals surface area contributed by atoms with Crippen molar-refractivity contribution in [3.63, 3.8) is 0 Å². The van der Waals surface area contributed by atoms with E-state index in [0.717, 1.165) is 5.56 Å². The molecule has 0 amide bonds. The Kier molecular flexibility index (Phi) is 8.89. The number of carboxylic acids is 1.